The van der Waals surface area contributed by atoms with Gasteiger partial charge in [-0.05, 0) is 35.0 Å². The summed E-state index contributed by atoms with van der Waals surface area (Å²) in [5.41, 5.74) is -0.380. The lowest BCUT2D eigenvalue weighted by atomic mass is 10.3. The van der Waals surface area contributed by atoms with E-state index >= 15 is 0 Å². The standard InChI is InChI=1S/C13H12BrF3N4/c1-2-18-12-20-10(13(15,16)17)7-11(21-12)19-9-6-4-3-5-8(9)14/h3-7H,2H2,1H3,(H2,18,19,20,21). The van der Waals surface area contributed by atoms with Gasteiger partial charge < -0.3 is 10.6 Å². The number of aromatic nitrogens is 2. The van der Waals surface area contributed by atoms with Gasteiger partial charge in [0, 0.05) is 17.1 Å². The van der Waals surface area contributed by atoms with Crippen molar-refractivity contribution in [1.29, 1.82) is 0 Å². The van der Waals surface area contributed by atoms with Crippen molar-refractivity contribution in [2.75, 3.05) is 17.2 Å². The van der Waals surface area contributed by atoms with E-state index < -0.39 is 11.9 Å². The zero-order valence-electron chi connectivity index (χ0n) is 11.0. The summed E-state index contributed by atoms with van der Waals surface area (Å²) in [5.74, 6) is 0.00190. The molecule has 0 spiro atoms. The molecular formula is C13H12BrF3N4. The summed E-state index contributed by atoms with van der Waals surface area (Å²) in [6.45, 7) is 2.18. The van der Waals surface area contributed by atoms with Gasteiger partial charge in [-0.15, -0.1) is 0 Å². The van der Waals surface area contributed by atoms with Crippen molar-refractivity contribution in [3.63, 3.8) is 0 Å². The Morgan fingerprint density at radius 1 is 1.19 bits per heavy atom. The van der Waals surface area contributed by atoms with Crippen molar-refractivity contribution < 1.29 is 13.2 Å². The van der Waals surface area contributed by atoms with Gasteiger partial charge in [0.1, 0.15) is 5.82 Å². The van der Waals surface area contributed by atoms with Crippen LogP contribution < -0.4 is 10.6 Å². The number of para-hydroxylation sites is 1. The first kappa shape index (κ1) is 15.6. The minimum absolute atomic E-state index is 0.0677. The van der Waals surface area contributed by atoms with Gasteiger partial charge in [0.25, 0.3) is 0 Å². The second-order valence-electron chi connectivity index (χ2n) is 4.09. The van der Waals surface area contributed by atoms with Gasteiger partial charge in [0.15, 0.2) is 5.69 Å². The Bertz CT molecular complexity index is 631. The Balaban J connectivity index is 2.38. The molecule has 2 rings (SSSR count). The van der Waals surface area contributed by atoms with Crippen LogP contribution in [0.5, 0.6) is 0 Å². The highest BCUT2D eigenvalue weighted by Gasteiger charge is 2.33. The van der Waals surface area contributed by atoms with Crippen molar-refractivity contribution in [2.45, 2.75) is 13.1 Å². The molecule has 0 saturated heterocycles. The molecule has 0 radical (unpaired) electrons. The summed E-state index contributed by atoms with van der Waals surface area (Å²) in [6, 6.07) is 7.96. The van der Waals surface area contributed by atoms with Crippen LogP contribution in [0.15, 0.2) is 34.8 Å². The van der Waals surface area contributed by atoms with Gasteiger partial charge in [-0.3, -0.25) is 0 Å². The second kappa shape index (κ2) is 6.30. The zero-order valence-corrected chi connectivity index (χ0v) is 12.6. The Hall–Kier alpha value is -1.83. The van der Waals surface area contributed by atoms with Crippen LogP contribution >= 0.6 is 15.9 Å². The van der Waals surface area contributed by atoms with E-state index in [1.807, 2.05) is 0 Å². The summed E-state index contributed by atoms with van der Waals surface area (Å²) in [4.78, 5) is 7.48. The average Bonchev–Trinajstić information content (AvgIpc) is 2.41. The first-order valence-corrected chi connectivity index (χ1v) is 6.91. The maximum absolute atomic E-state index is 12.9. The quantitative estimate of drug-likeness (QED) is 0.846. The average molecular weight is 361 g/mol. The van der Waals surface area contributed by atoms with Crippen molar-refractivity contribution in [1.82, 2.24) is 9.97 Å². The van der Waals surface area contributed by atoms with Crippen LogP contribution in [0.1, 0.15) is 12.6 Å². The topological polar surface area (TPSA) is 49.8 Å². The first-order chi connectivity index (χ1) is 9.90. The van der Waals surface area contributed by atoms with E-state index in [0.29, 0.717) is 12.2 Å². The molecule has 0 fully saturated rings. The molecule has 0 amide bonds. The van der Waals surface area contributed by atoms with Gasteiger partial charge in [-0.1, -0.05) is 12.1 Å². The van der Waals surface area contributed by atoms with Crippen LogP contribution in [0.3, 0.4) is 0 Å². The monoisotopic (exact) mass is 360 g/mol. The fourth-order valence-corrected chi connectivity index (χ4v) is 1.98. The number of nitrogens with one attached hydrogen (secondary N) is 2. The molecule has 2 N–H and O–H groups in total. The van der Waals surface area contributed by atoms with E-state index in [1.165, 1.54) is 0 Å². The van der Waals surface area contributed by atoms with Crippen molar-refractivity contribution >= 4 is 33.4 Å². The van der Waals surface area contributed by atoms with E-state index in [2.05, 4.69) is 36.5 Å². The van der Waals surface area contributed by atoms with Crippen LogP contribution in [0.4, 0.5) is 30.6 Å². The van der Waals surface area contributed by atoms with Crippen molar-refractivity contribution in [3.05, 3.63) is 40.5 Å². The van der Waals surface area contributed by atoms with Gasteiger partial charge in [0.2, 0.25) is 5.95 Å². The highest BCUT2D eigenvalue weighted by molar-refractivity contribution is 9.10. The number of hydrogen-bond acceptors (Lipinski definition) is 4. The Morgan fingerprint density at radius 2 is 1.90 bits per heavy atom. The minimum atomic E-state index is -4.53. The molecule has 1 heterocycles. The second-order valence-corrected chi connectivity index (χ2v) is 4.95. The van der Waals surface area contributed by atoms with Gasteiger partial charge in [0.05, 0.1) is 5.69 Å². The lowest BCUT2D eigenvalue weighted by Crippen LogP contribution is -2.13. The highest BCUT2D eigenvalue weighted by Crippen LogP contribution is 2.31. The molecule has 0 bridgehead atoms. The van der Waals surface area contributed by atoms with Crippen molar-refractivity contribution in [3.8, 4) is 0 Å². The molecule has 0 aliphatic heterocycles. The predicted octanol–water partition coefficient (Wildman–Crippen LogP) is 4.43. The molecule has 21 heavy (non-hydrogen) atoms. The van der Waals surface area contributed by atoms with Crippen LogP contribution in [-0.2, 0) is 6.18 Å². The number of alkyl halides is 3. The summed E-state index contributed by atoms with van der Waals surface area (Å²) in [6.07, 6.45) is -4.53. The summed E-state index contributed by atoms with van der Waals surface area (Å²) < 4.78 is 39.3. The van der Waals surface area contributed by atoms with Gasteiger partial charge in [-0.2, -0.15) is 18.2 Å². The molecule has 1 aromatic heterocycles. The summed E-state index contributed by atoms with van der Waals surface area (Å²) >= 11 is 3.32. The van der Waals surface area contributed by atoms with E-state index in [1.54, 1.807) is 31.2 Å². The Morgan fingerprint density at radius 3 is 2.52 bits per heavy atom. The summed E-state index contributed by atoms with van der Waals surface area (Å²) in [5, 5.41) is 5.53. The highest BCUT2D eigenvalue weighted by atomic mass is 79.9. The fourth-order valence-electron chi connectivity index (χ4n) is 1.59. The van der Waals surface area contributed by atoms with Crippen LogP contribution in [0.25, 0.3) is 0 Å². The Kier molecular flexibility index (Phi) is 4.66. The lowest BCUT2D eigenvalue weighted by molar-refractivity contribution is -0.141. The molecule has 8 heteroatoms. The molecule has 0 aliphatic carbocycles. The molecule has 1 aromatic carbocycles. The molecule has 4 nitrogen and oxygen atoms in total. The van der Waals surface area contributed by atoms with E-state index in [0.717, 1.165) is 10.5 Å². The number of anilines is 3. The number of hydrogen-bond donors (Lipinski definition) is 2. The molecule has 0 unspecified atom stereocenters. The third-order valence-corrected chi connectivity index (χ3v) is 3.18. The molecule has 2 aromatic rings. The zero-order chi connectivity index (χ0) is 15.5. The first-order valence-electron chi connectivity index (χ1n) is 6.12. The van der Waals surface area contributed by atoms with E-state index in [-0.39, 0.29) is 11.8 Å². The number of nitrogens with zero attached hydrogens (tertiary/aromatic N) is 2. The summed E-state index contributed by atoms with van der Waals surface area (Å²) in [7, 11) is 0. The SMILES string of the molecule is CCNc1nc(Nc2ccccc2Br)cc(C(F)(F)F)n1. The molecular weight excluding hydrogens is 349 g/mol. The normalized spacial score (nSPS) is 11.3. The minimum Gasteiger partial charge on any atom is -0.354 e. The maximum atomic E-state index is 12.9. The molecule has 0 atom stereocenters. The molecule has 0 saturated carbocycles. The predicted molar refractivity (Wildman–Crippen MR) is 78.6 cm³/mol. The van der Waals surface area contributed by atoms with E-state index in [4.69, 9.17) is 0 Å². The largest absolute Gasteiger partial charge is 0.433 e. The Labute approximate surface area is 127 Å². The lowest BCUT2D eigenvalue weighted by Gasteiger charge is -2.13. The van der Waals surface area contributed by atoms with Crippen molar-refractivity contribution in [2.24, 2.45) is 0 Å². The maximum Gasteiger partial charge on any atom is 0.433 e. The third kappa shape index (κ3) is 4.07. The van der Waals surface area contributed by atoms with Gasteiger partial charge in [-0.25, -0.2) is 4.98 Å². The van der Waals surface area contributed by atoms with Gasteiger partial charge >= 0.3 is 6.18 Å². The number of benzene rings is 1. The molecule has 112 valence electrons. The number of rotatable bonds is 4. The van der Waals surface area contributed by atoms with Crippen LogP contribution in [0.2, 0.25) is 0 Å². The number of halogens is 4. The van der Waals surface area contributed by atoms with E-state index in [9.17, 15) is 13.2 Å². The third-order valence-electron chi connectivity index (χ3n) is 2.49. The molecule has 0 aliphatic rings. The fraction of sp³-hybridized carbons (Fsp3) is 0.231. The van der Waals surface area contributed by atoms with Crippen LogP contribution in [-0.4, -0.2) is 16.5 Å². The smallest absolute Gasteiger partial charge is 0.354 e. The van der Waals surface area contributed by atoms with Crippen LogP contribution in [0, 0.1) is 0 Å².